The smallest absolute Gasteiger partial charge is 0.410 e. The molecule has 138 valence electrons. The number of benzene rings is 2. The lowest BCUT2D eigenvalue weighted by Crippen LogP contribution is -2.26. The van der Waals surface area contributed by atoms with Crippen molar-refractivity contribution in [1.29, 1.82) is 0 Å². The third-order valence-corrected chi connectivity index (χ3v) is 5.21. The van der Waals surface area contributed by atoms with Crippen molar-refractivity contribution in [2.24, 2.45) is 0 Å². The summed E-state index contributed by atoms with van der Waals surface area (Å²) in [5.74, 6) is 0.152. The SMILES string of the molecule is Cc1ccc(S(=O)CC(=O)c2cc(C)c(OC(=O)N(C)C)c(C)c2)cc1. The Bertz CT molecular complexity index is 834. The minimum absolute atomic E-state index is 0.0846. The molecule has 0 saturated heterocycles. The number of amides is 1. The van der Waals surface area contributed by atoms with Crippen LogP contribution in [-0.4, -0.2) is 40.8 Å². The van der Waals surface area contributed by atoms with Gasteiger partial charge in [-0.05, 0) is 56.2 Å². The highest BCUT2D eigenvalue weighted by Crippen LogP contribution is 2.26. The van der Waals surface area contributed by atoms with Gasteiger partial charge in [-0.1, -0.05) is 17.7 Å². The quantitative estimate of drug-likeness (QED) is 0.750. The van der Waals surface area contributed by atoms with Gasteiger partial charge in [-0.2, -0.15) is 0 Å². The van der Waals surface area contributed by atoms with Gasteiger partial charge < -0.3 is 9.64 Å². The fourth-order valence-electron chi connectivity index (χ4n) is 2.43. The molecule has 0 aromatic heterocycles. The van der Waals surface area contributed by atoms with Crippen LogP contribution in [0.15, 0.2) is 41.3 Å². The lowest BCUT2D eigenvalue weighted by atomic mass is 10.0. The van der Waals surface area contributed by atoms with Crippen LogP contribution >= 0.6 is 0 Å². The fourth-order valence-corrected chi connectivity index (χ4v) is 3.44. The first-order chi connectivity index (χ1) is 12.2. The van der Waals surface area contributed by atoms with Gasteiger partial charge in [-0.15, -0.1) is 0 Å². The molecule has 0 saturated carbocycles. The predicted octanol–water partition coefficient (Wildman–Crippen LogP) is 3.66. The topological polar surface area (TPSA) is 63.7 Å². The number of ketones is 1. The van der Waals surface area contributed by atoms with Gasteiger partial charge in [-0.25, -0.2) is 4.79 Å². The van der Waals surface area contributed by atoms with E-state index >= 15 is 0 Å². The van der Waals surface area contributed by atoms with Crippen LogP contribution in [0.2, 0.25) is 0 Å². The summed E-state index contributed by atoms with van der Waals surface area (Å²) in [5, 5.41) is 0. The van der Waals surface area contributed by atoms with E-state index in [-0.39, 0.29) is 11.5 Å². The third kappa shape index (κ3) is 4.79. The number of hydrogen-bond donors (Lipinski definition) is 0. The first kappa shape index (κ1) is 19.8. The summed E-state index contributed by atoms with van der Waals surface area (Å²) < 4.78 is 17.8. The Labute approximate surface area is 156 Å². The number of aryl methyl sites for hydroxylation is 3. The molecule has 0 aliphatic rings. The average Bonchev–Trinajstić information content (AvgIpc) is 2.57. The molecule has 1 atom stereocenters. The zero-order chi connectivity index (χ0) is 19.4. The summed E-state index contributed by atoms with van der Waals surface area (Å²) in [4.78, 5) is 26.3. The van der Waals surface area contributed by atoms with Crippen LogP contribution in [0.1, 0.15) is 27.0 Å². The molecule has 0 aliphatic heterocycles. The molecule has 0 radical (unpaired) electrons. The predicted molar refractivity (Wildman–Crippen MR) is 102 cm³/mol. The van der Waals surface area contributed by atoms with Crippen molar-refractivity contribution in [3.05, 3.63) is 58.7 Å². The molecule has 2 rings (SSSR count). The van der Waals surface area contributed by atoms with E-state index in [9.17, 15) is 13.8 Å². The van der Waals surface area contributed by atoms with Gasteiger partial charge >= 0.3 is 6.09 Å². The van der Waals surface area contributed by atoms with Crippen LogP contribution in [0.25, 0.3) is 0 Å². The number of Topliss-reactive ketones (excluding diaryl/α,β-unsaturated/α-hetero) is 1. The van der Waals surface area contributed by atoms with Gasteiger partial charge in [0.1, 0.15) is 5.75 Å². The second-order valence-corrected chi connectivity index (χ2v) is 7.88. The highest BCUT2D eigenvalue weighted by Gasteiger charge is 2.17. The zero-order valence-electron chi connectivity index (χ0n) is 15.7. The van der Waals surface area contributed by atoms with E-state index in [1.807, 2.05) is 19.1 Å². The summed E-state index contributed by atoms with van der Waals surface area (Å²) >= 11 is 0. The Morgan fingerprint density at radius 2 is 1.54 bits per heavy atom. The monoisotopic (exact) mass is 373 g/mol. The normalized spacial score (nSPS) is 11.7. The maximum Gasteiger partial charge on any atom is 0.414 e. The van der Waals surface area contributed by atoms with Crippen molar-refractivity contribution in [3.63, 3.8) is 0 Å². The largest absolute Gasteiger partial charge is 0.414 e. The maximum absolute atomic E-state index is 12.5. The Balaban J connectivity index is 2.18. The average molecular weight is 373 g/mol. The first-order valence-corrected chi connectivity index (χ1v) is 9.49. The minimum Gasteiger partial charge on any atom is -0.410 e. The Kier molecular flexibility index (Phi) is 6.32. The van der Waals surface area contributed by atoms with Crippen LogP contribution in [0.5, 0.6) is 5.75 Å². The number of hydrogen-bond acceptors (Lipinski definition) is 4. The number of ether oxygens (including phenoxy) is 1. The number of carbonyl (C=O) groups is 2. The summed E-state index contributed by atoms with van der Waals surface area (Å²) in [6.45, 7) is 5.51. The maximum atomic E-state index is 12.5. The number of rotatable bonds is 5. The summed E-state index contributed by atoms with van der Waals surface area (Å²) in [7, 11) is 1.81. The second-order valence-electron chi connectivity index (χ2n) is 6.43. The van der Waals surface area contributed by atoms with Crippen molar-refractivity contribution >= 4 is 22.7 Å². The lowest BCUT2D eigenvalue weighted by Gasteiger charge is -2.15. The van der Waals surface area contributed by atoms with E-state index in [0.29, 0.717) is 27.3 Å². The Morgan fingerprint density at radius 1 is 1.00 bits per heavy atom. The molecule has 6 heteroatoms. The molecule has 2 aromatic rings. The standard InChI is InChI=1S/C20H23NO4S/c1-13-6-8-17(9-7-13)26(24)12-18(22)16-10-14(2)19(15(3)11-16)25-20(23)21(4)5/h6-11H,12H2,1-5H3. The first-order valence-electron chi connectivity index (χ1n) is 8.17. The number of carbonyl (C=O) groups excluding carboxylic acids is 2. The Hall–Kier alpha value is -2.47. The van der Waals surface area contributed by atoms with E-state index in [1.165, 1.54) is 4.90 Å². The molecule has 0 spiro atoms. The fraction of sp³-hybridized carbons (Fsp3) is 0.300. The van der Waals surface area contributed by atoms with Gasteiger partial charge in [0.05, 0.1) is 16.6 Å². The lowest BCUT2D eigenvalue weighted by molar-refractivity contribution is 0.102. The molecule has 2 aromatic carbocycles. The molecule has 0 heterocycles. The zero-order valence-corrected chi connectivity index (χ0v) is 16.5. The Morgan fingerprint density at radius 3 is 2.04 bits per heavy atom. The van der Waals surface area contributed by atoms with Crippen molar-refractivity contribution in [3.8, 4) is 5.75 Å². The van der Waals surface area contributed by atoms with Crippen molar-refractivity contribution in [2.75, 3.05) is 19.8 Å². The van der Waals surface area contributed by atoms with Crippen molar-refractivity contribution < 1.29 is 18.5 Å². The van der Waals surface area contributed by atoms with Gasteiger partial charge in [0.2, 0.25) is 0 Å². The molecular weight excluding hydrogens is 350 g/mol. The van der Waals surface area contributed by atoms with Crippen molar-refractivity contribution in [1.82, 2.24) is 4.90 Å². The molecule has 0 N–H and O–H groups in total. The van der Waals surface area contributed by atoms with Crippen LogP contribution in [-0.2, 0) is 10.8 Å². The van der Waals surface area contributed by atoms with E-state index < -0.39 is 16.9 Å². The molecule has 26 heavy (non-hydrogen) atoms. The second kappa shape index (κ2) is 8.27. The molecule has 0 bridgehead atoms. The highest BCUT2D eigenvalue weighted by atomic mass is 32.2. The van der Waals surface area contributed by atoms with Gasteiger partial charge in [-0.3, -0.25) is 9.00 Å². The van der Waals surface area contributed by atoms with E-state index in [0.717, 1.165) is 5.56 Å². The van der Waals surface area contributed by atoms with Gasteiger partial charge in [0, 0.05) is 24.6 Å². The van der Waals surface area contributed by atoms with E-state index in [1.54, 1.807) is 52.2 Å². The van der Waals surface area contributed by atoms with Crippen LogP contribution in [0.4, 0.5) is 4.79 Å². The minimum atomic E-state index is -1.40. The summed E-state index contributed by atoms with van der Waals surface area (Å²) in [6.07, 6.45) is -0.476. The third-order valence-electron chi connectivity index (χ3n) is 3.88. The van der Waals surface area contributed by atoms with Gasteiger partial charge in [0.25, 0.3) is 0 Å². The van der Waals surface area contributed by atoms with Crippen LogP contribution in [0.3, 0.4) is 0 Å². The molecule has 0 aliphatic carbocycles. The van der Waals surface area contributed by atoms with Crippen molar-refractivity contribution in [2.45, 2.75) is 25.7 Å². The number of nitrogens with zero attached hydrogens (tertiary/aromatic N) is 1. The van der Waals surface area contributed by atoms with Crippen LogP contribution in [0, 0.1) is 20.8 Å². The summed E-state index contributed by atoms with van der Waals surface area (Å²) in [5.41, 5.74) is 2.91. The van der Waals surface area contributed by atoms with E-state index in [4.69, 9.17) is 4.74 Å². The van der Waals surface area contributed by atoms with E-state index in [2.05, 4.69) is 0 Å². The molecular formula is C20H23NO4S. The molecule has 5 nitrogen and oxygen atoms in total. The molecule has 0 fully saturated rings. The summed E-state index contributed by atoms with van der Waals surface area (Å²) in [6, 6.07) is 10.6. The molecule has 1 unspecified atom stereocenters. The highest BCUT2D eigenvalue weighted by molar-refractivity contribution is 7.85. The van der Waals surface area contributed by atoms with Gasteiger partial charge in [0.15, 0.2) is 5.78 Å². The van der Waals surface area contributed by atoms with Crippen LogP contribution < -0.4 is 4.74 Å². The molecule has 1 amide bonds.